The molecule has 0 fully saturated rings. The van der Waals surface area contributed by atoms with Gasteiger partial charge in [0.05, 0.1) is 12.1 Å². The molecule has 0 amide bonds. The first kappa shape index (κ1) is 33.3. The molecule has 2 nitrogen and oxygen atoms in total. The van der Waals surface area contributed by atoms with E-state index in [-0.39, 0.29) is 12.1 Å². The van der Waals surface area contributed by atoms with Gasteiger partial charge in [0.1, 0.15) is 0 Å². The van der Waals surface area contributed by atoms with Crippen molar-refractivity contribution in [1.82, 2.24) is 0 Å². The van der Waals surface area contributed by atoms with Crippen LogP contribution in [0.15, 0.2) is 121 Å². The van der Waals surface area contributed by atoms with E-state index >= 15 is 0 Å². The average Bonchev–Trinajstić information content (AvgIpc) is 3.08. The second-order valence-corrected chi connectivity index (χ2v) is 14.7. The summed E-state index contributed by atoms with van der Waals surface area (Å²) in [5.74, 6) is 1.52. The molecule has 0 heterocycles. The highest BCUT2D eigenvalue weighted by molar-refractivity contribution is 5.84. The Hall–Kier alpha value is -4.56. The lowest BCUT2D eigenvalue weighted by Crippen LogP contribution is -2.28. The summed E-state index contributed by atoms with van der Waals surface area (Å²) in [7, 11) is 0. The van der Waals surface area contributed by atoms with E-state index in [0.29, 0.717) is 23.7 Å². The number of fused-ring (bicyclic) bond motifs is 2. The largest absolute Gasteiger partial charge is 0.375 e. The van der Waals surface area contributed by atoms with E-state index in [9.17, 15) is 0 Å². The molecule has 0 saturated carbocycles. The second-order valence-electron chi connectivity index (χ2n) is 14.7. The quantitative estimate of drug-likeness (QED) is 0.148. The van der Waals surface area contributed by atoms with Gasteiger partial charge in [0, 0.05) is 11.4 Å². The molecule has 0 aromatic heterocycles. The van der Waals surface area contributed by atoms with E-state index < -0.39 is 0 Å². The van der Waals surface area contributed by atoms with E-state index in [2.05, 4.69) is 187 Å². The molecule has 246 valence electrons. The van der Waals surface area contributed by atoms with Crippen LogP contribution in [0.3, 0.4) is 0 Å². The SMILES string of the molecule is CC(C)c1cccc(C(C)C)c1N[C@H](c1ccc2ccccc2c1)[C@H](Nc1c(C(C)C)cccc1C(C)C)c1ccc2ccccc2c1. The van der Waals surface area contributed by atoms with Crippen LogP contribution in [0.4, 0.5) is 11.4 Å². The summed E-state index contributed by atoms with van der Waals surface area (Å²) >= 11 is 0. The fraction of sp³-hybridized carbons (Fsp3) is 0.304. The zero-order chi connectivity index (χ0) is 33.9. The average molecular weight is 633 g/mol. The summed E-state index contributed by atoms with van der Waals surface area (Å²) in [4.78, 5) is 0. The van der Waals surface area contributed by atoms with Crippen LogP contribution in [0, 0.1) is 0 Å². The Morgan fingerprint density at radius 2 is 0.646 bits per heavy atom. The van der Waals surface area contributed by atoms with Crippen molar-refractivity contribution < 1.29 is 0 Å². The van der Waals surface area contributed by atoms with Gasteiger partial charge in [0.15, 0.2) is 0 Å². The molecule has 0 aliphatic rings. The predicted molar refractivity (Wildman–Crippen MR) is 210 cm³/mol. The molecule has 0 unspecified atom stereocenters. The van der Waals surface area contributed by atoms with Gasteiger partial charge in [-0.15, -0.1) is 0 Å². The van der Waals surface area contributed by atoms with Gasteiger partial charge in [0.25, 0.3) is 0 Å². The zero-order valence-electron chi connectivity index (χ0n) is 30.0. The Morgan fingerprint density at radius 1 is 0.333 bits per heavy atom. The number of hydrogen-bond donors (Lipinski definition) is 2. The summed E-state index contributed by atoms with van der Waals surface area (Å²) in [5, 5.41) is 13.5. The molecule has 0 bridgehead atoms. The third-order valence-electron chi connectivity index (χ3n) is 9.94. The third kappa shape index (κ3) is 6.85. The number of hydrogen-bond acceptors (Lipinski definition) is 2. The molecule has 2 atom stereocenters. The number of para-hydroxylation sites is 2. The van der Waals surface area contributed by atoms with E-state index in [4.69, 9.17) is 0 Å². The smallest absolute Gasteiger partial charge is 0.0757 e. The number of rotatable bonds is 11. The molecule has 48 heavy (non-hydrogen) atoms. The minimum Gasteiger partial charge on any atom is -0.375 e. The topological polar surface area (TPSA) is 24.1 Å². The van der Waals surface area contributed by atoms with Crippen LogP contribution in [0.1, 0.15) is 125 Å². The highest BCUT2D eigenvalue weighted by Crippen LogP contribution is 2.43. The summed E-state index contributed by atoms with van der Waals surface area (Å²) in [6.45, 7) is 18.5. The Labute approximate surface area is 288 Å². The van der Waals surface area contributed by atoms with Gasteiger partial charge < -0.3 is 10.6 Å². The molecule has 0 saturated heterocycles. The van der Waals surface area contributed by atoms with Crippen molar-refractivity contribution in [2.75, 3.05) is 10.6 Å². The summed E-state index contributed by atoms with van der Waals surface area (Å²) in [6.07, 6.45) is 0. The van der Waals surface area contributed by atoms with Crippen molar-refractivity contribution in [1.29, 1.82) is 0 Å². The van der Waals surface area contributed by atoms with Crippen molar-refractivity contribution >= 4 is 32.9 Å². The van der Waals surface area contributed by atoms with Crippen molar-refractivity contribution in [2.24, 2.45) is 0 Å². The summed E-state index contributed by atoms with van der Waals surface area (Å²) in [6, 6.07) is 45.0. The highest BCUT2D eigenvalue weighted by Gasteiger charge is 2.30. The van der Waals surface area contributed by atoms with Gasteiger partial charge in [-0.25, -0.2) is 0 Å². The maximum absolute atomic E-state index is 4.26. The van der Waals surface area contributed by atoms with E-state index in [1.165, 1.54) is 66.3 Å². The van der Waals surface area contributed by atoms with Crippen LogP contribution >= 0.6 is 0 Å². The lowest BCUT2D eigenvalue weighted by molar-refractivity contribution is 0.642. The van der Waals surface area contributed by atoms with Crippen LogP contribution in [-0.4, -0.2) is 0 Å². The van der Waals surface area contributed by atoms with E-state index in [1.807, 2.05) is 0 Å². The molecule has 0 spiro atoms. The first-order valence-electron chi connectivity index (χ1n) is 17.9. The first-order chi connectivity index (χ1) is 23.1. The molecule has 0 radical (unpaired) electrons. The van der Waals surface area contributed by atoms with Gasteiger partial charge in [-0.2, -0.15) is 0 Å². The zero-order valence-corrected chi connectivity index (χ0v) is 30.0. The van der Waals surface area contributed by atoms with Gasteiger partial charge in [0.2, 0.25) is 0 Å². The minimum absolute atomic E-state index is 0.0756. The lowest BCUT2D eigenvalue weighted by atomic mass is 9.86. The summed E-state index contributed by atoms with van der Waals surface area (Å²) in [5.41, 5.74) is 10.5. The normalized spacial score (nSPS) is 13.2. The highest BCUT2D eigenvalue weighted by atomic mass is 15.0. The maximum atomic E-state index is 4.26. The van der Waals surface area contributed by atoms with Gasteiger partial charge in [-0.1, -0.05) is 165 Å². The van der Waals surface area contributed by atoms with Crippen molar-refractivity contribution in [3.8, 4) is 0 Å². The van der Waals surface area contributed by atoms with Crippen LogP contribution in [-0.2, 0) is 0 Å². The van der Waals surface area contributed by atoms with E-state index in [0.717, 1.165) is 0 Å². The van der Waals surface area contributed by atoms with Crippen LogP contribution in [0.5, 0.6) is 0 Å². The van der Waals surface area contributed by atoms with Crippen LogP contribution in [0.25, 0.3) is 21.5 Å². The minimum atomic E-state index is -0.0756. The van der Waals surface area contributed by atoms with Crippen molar-refractivity contribution in [3.05, 3.63) is 155 Å². The van der Waals surface area contributed by atoms with Gasteiger partial charge >= 0.3 is 0 Å². The molecule has 2 heteroatoms. The molecular weight excluding hydrogens is 581 g/mol. The molecule has 6 aromatic rings. The first-order valence-corrected chi connectivity index (χ1v) is 17.9. The summed E-state index contributed by atoms with van der Waals surface area (Å²) < 4.78 is 0. The number of nitrogens with one attached hydrogen (secondary N) is 2. The molecule has 6 rings (SSSR count). The fourth-order valence-electron chi connectivity index (χ4n) is 7.27. The van der Waals surface area contributed by atoms with Crippen molar-refractivity contribution in [3.63, 3.8) is 0 Å². The molecule has 0 aliphatic carbocycles. The Morgan fingerprint density at radius 3 is 0.958 bits per heavy atom. The standard InChI is InChI=1S/C46H52N2/c1-29(2)39-19-13-20-40(30(3)4)45(39)47-43(37-25-23-33-15-9-11-17-35(33)27-37)44(38-26-24-34-16-10-12-18-36(34)28-38)48-46-41(31(5)6)21-14-22-42(46)32(7)8/h9-32,43-44,47-48H,1-8H3/t43-,44-/m1/s1. The second kappa shape index (κ2) is 14.3. The van der Waals surface area contributed by atoms with Crippen LogP contribution < -0.4 is 10.6 Å². The number of anilines is 2. The molecule has 0 aliphatic heterocycles. The number of benzene rings is 6. The van der Waals surface area contributed by atoms with Gasteiger partial charge in [-0.05, 0) is 90.7 Å². The van der Waals surface area contributed by atoms with E-state index in [1.54, 1.807) is 0 Å². The predicted octanol–water partition coefficient (Wildman–Crippen LogP) is 13.5. The fourth-order valence-corrected chi connectivity index (χ4v) is 7.27. The van der Waals surface area contributed by atoms with Crippen molar-refractivity contribution in [2.45, 2.75) is 91.1 Å². The Balaban J connectivity index is 1.64. The lowest BCUT2D eigenvalue weighted by Gasteiger charge is -2.35. The molecule has 6 aromatic carbocycles. The monoisotopic (exact) mass is 632 g/mol. The van der Waals surface area contributed by atoms with Gasteiger partial charge in [-0.3, -0.25) is 0 Å². The van der Waals surface area contributed by atoms with Crippen LogP contribution in [0.2, 0.25) is 0 Å². The third-order valence-corrected chi connectivity index (χ3v) is 9.94. The Bertz CT molecular complexity index is 1820. The molecule has 2 N–H and O–H groups in total. The maximum Gasteiger partial charge on any atom is 0.0757 e. The Kier molecular flexibility index (Phi) is 9.92. The molecular formula is C46H52N2.